The predicted octanol–water partition coefficient (Wildman–Crippen LogP) is 4.62. The molecule has 232 valence electrons. The molecule has 3 rings (SSSR count). The van der Waals surface area contributed by atoms with Crippen LogP contribution in [0.2, 0.25) is 0 Å². The first-order valence-corrected chi connectivity index (χ1v) is 15.2. The number of carbonyl (C=O) groups excluding carboxylic acids is 3. The van der Waals surface area contributed by atoms with Crippen LogP contribution in [0.4, 0.5) is 0 Å². The third-order valence-corrected chi connectivity index (χ3v) is 7.73. The van der Waals surface area contributed by atoms with E-state index < -0.39 is 12.0 Å². The molecule has 1 aliphatic heterocycles. The van der Waals surface area contributed by atoms with E-state index in [4.69, 9.17) is 9.47 Å². The highest BCUT2D eigenvalue weighted by Crippen LogP contribution is 2.21. The lowest BCUT2D eigenvalue weighted by atomic mass is 9.95. The summed E-state index contributed by atoms with van der Waals surface area (Å²) in [6, 6.07) is 18.7. The fraction of sp³-hybridized carbons (Fsp3) is 0.457. The third-order valence-electron chi connectivity index (χ3n) is 7.73. The highest BCUT2D eigenvalue weighted by atomic mass is 16.5. The van der Waals surface area contributed by atoms with Crippen LogP contribution in [0.25, 0.3) is 0 Å². The first-order valence-electron chi connectivity index (χ1n) is 15.2. The molecule has 0 bridgehead atoms. The summed E-state index contributed by atoms with van der Waals surface area (Å²) in [5, 5.41) is 12.6. The van der Waals surface area contributed by atoms with Gasteiger partial charge >= 0.3 is 5.97 Å². The molecule has 4 atom stereocenters. The molecule has 2 aromatic carbocycles. The maximum absolute atomic E-state index is 13.5. The summed E-state index contributed by atoms with van der Waals surface area (Å²) in [5.74, 6) is -1.82. The molecule has 0 spiro atoms. The normalized spacial score (nSPS) is 16.6. The molecule has 2 aromatic rings. The smallest absolute Gasteiger partial charge is 0.309 e. The molecular formula is C35H46N2O6. The van der Waals surface area contributed by atoms with Crippen LogP contribution in [-0.4, -0.2) is 66.2 Å². The van der Waals surface area contributed by atoms with Gasteiger partial charge in [-0.05, 0) is 49.7 Å². The average Bonchev–Trinajstić information content (AvgIpc) is 3.52. The van der Waals surface area contributed by atoms with Gasteiger partial charge in [0.1, 0.15) is 6.61 Å². The van der Waals surface area contributed by atoms with Crippen molar-refractivity contribution in [1.29, 1.82) is 0 Å². The van der Waals surface area contributed by atoms with E-state index in [1.54, 1.807) is 17.1 Å². The Morgan fingerprint density at radius 2 is 1.67 bits per heavy atom. The number of ether oxygens (including phenoxy) is 2. The summed E-state index contributed by atoms with van der Waals surface area (Å²) >= 11 is 0. The molecule has 0 radical (unpaired) electrons. The van der Waals surface area contributed by atoms with E-state index in [2.05, 4.69) is 18.5 Å². The highest BCUT2D eigenvalue weighted by molar-refractivity contribution is 5.86. The van der Waals surface area contributed by atoms with Gasteiger partial charge in [0, 0.05) is 13.0 Å². The fourth-order valence-electron chi connectivity index (χ4n) is 5.33. The topological polar surface area (TPSA) is 105 Å². The summed E-state index contributed by atoms with van der Waals surface area (Å²) in [6.07, 6.45) is 7.15. The van der Waals surface area contributed by atoms with Crippen LogP contribution in [0, 0.1) is 11.8 Å². The molecule has 0 saturated carbocycles. The second-order valence-electron chi connectivity index (χ2n) is 11.1. The van der Waals surface area contributed by atoms with Crippen LogP contribution in [-0.2, 0) is 36.9 Å². The SMILES string of the molecule is C=CCCC(Cc1ccccc1)C(=O)OCC(COCc1ccccc1)NC(=O)C(CC=C)CC(=O)N1CCCC1CO. The number of likely N-dealkylation sites (tertiary alicyclic amines) is 1. The average molecular weight is 591 g/mol. The standard InChI is InChI=1S/C35H46N2O6/c1-3-5-18-30(21-27-14-8-6-9-15-27)35(41)43-26-31(25-42-24-28-16-10-7-11-17-28)36-34(40)29(13-4-2)22-33(39)37-20-12-19-32(37)23-38/h3-4,6-11,14-17,29-32,38H,1-2,5,12-13,18-26H2,(H,36,40). The molecule has 1 saturated heterocycles. The summed E-state index contributed by atoms with van der Waals surface area (Å²) in [7, 11) is 0. The second-order valence-corrected chi connectivity index (χ2v) is 11.1. The molecule has 2 amide bonds. The quantitative estimate of drug-likeness (QED) is 0.183. The number of esters is 1. The van der Waals surface area contributed by atoms with Crippen molar-refractivity contribution in [2.24, 2.45) is 11.8 Å². The number of allylic oxidation sites excluding steroid dienone is 2. The Labute approximate surface area is 255 Å². The van der Waals surface area contributed by atoms with Crippen LogP contribution >= 0.6 is 0 Å². The second kappa shape index (κ2) is 18.7. The minimum atomic E-state index is -0.643. The van der Waals surface area contributed by atoms with Gasteiger partial charge in [-0.3, -0.25) is 14.4 Å². The van der Waals surface area contributed by atoms with Crippen LogP contribution in [0.5, 0.6) is 0 Å². The van der Waals surface area contributed by atoms with E-state index in [-0.39, 0.29) is 56.0 Å². The number of nitrogens with zero attached hydrogens (tertiary/aromatic N) is 1. The minimum absolute atomic E-state index is 0.00639. The third kappa shape index (κ3) is 11.5. The van der Waals surface area contributed by atoms with Crippen LogP contribution < -0.4 is 5.32 Å². The fourth-order valence-corrected chi connectivity index (χ4v) is 5.33. The lowest BCUT2D eigenvalue weighted by Crippen LogP contribution is -2.46. The molecular weight excluding hydrogens is 544 g/mol. The number of hydrogen-bond donors (Lipinski definition) is 2. The molecule has 4 unspecified atom stereocenters. The summed E-state index contributed by atoms with van der Waals surface area (Å²) in [4.78, 5) is 41.4. The van der Waals surface area contributed by atoms with E-state index in [9.17, 15) is 19.5 Å². The summed E-state index contributed by atoms with van der Waals surface area (Å²) in [6.45, 7) is 8.45. The maximum atomic E-state index is 13.5. The Morgan fingerprint density at radius 1 is 0.977 bits per heavy atom. The van der Waals surface area contributed by atoms with E-state index >= 15 is 0 Å². The van der Waals surface area contributed by atoms with Crippen molar-refractivity contribution in [3.05, 3.63) is 97.1 Å². The lowest BCUT2D eigenvalue weighted by molar-refractivity contribution is -0.150. The first-order chi connectivity index (χ1) is 20.9. The molecule has 1 heterocycles. The van der Waals surface area contributed by atoms with Gasteiger partial charge in [-0.25, -0.2) is 0 Å². The van der Waals surface area contributed by atoms with Gasteiger partial charge in [-0.1, -0.05) is 72.8 Å². The molecule has 1 fully saturated rings. The number of benzene rings is 2. The molecule has 0 aliphatic carbocycles. The summed E-state index contributed by atoms with van der Waals surface area (Å²) < 4.78 is 11.7. The zero-order chi connectivity index (χ0) is 30.9. The van der Waals surface area contributed by atoms with E-state index in [1.807, 2.05) is 60.7 Å². The van der Waals surface area contributed by atoms with E-state index in [0.29, 0.717) is 38.8 Å². The number of aliphatic hydroxyl groups excluding tert-OH is 1. The summed E-state index contributed by atoms with van der Waals surface area (Å²) in [5.41, 5.74) is 2.03. The Bertz CT molecular complexity index is 1160. The van der Waals surface area contributed by atoms with Crippen LogP contribution in [0.15, 0.2) is 86.0 Å². The Hall–Kier alpha value is -3.75. The van der Waals surface area contributed by atoms with Gasteiger partial charge < -0.3 is 24.8 Å². The molecule has 8 nitrogen and oxygen atoms in total. The van der Waals surface area contributed by atoms with Gasteiger partial charge in [-0.2, -0.15) is 0 Å². The predicted molar refractivity (Wildman–Crippen MR) is 167 cm³/mol. The van der Waals surface area contributed by atoms with E-state index in [1.165, 1.54) is 0 Å². The van der Waals surface area contributed by atoms with Gasteiger partial charge in [0.15, 0.2) is 0 Å². The monoisotopic (exact) mass is 590 g/mol. The van der Waals surface area contributed by atoms with Crippen molar-refractivity contribution in [2.45, 2.75) is 63.6 Å². The number of carbonyl (C=O) groups is 3. The van der Waals surface area contributed by atoms with Crippen molar-refractivity contribution in [1.82, 2.24) is 10.2 Å². The Balaban J connectivity index is 1.66. The molecule has 0 aromatic heterocycles. The first kappa shape index (κ1) is 33.7. The van der Waals surface area contributed by atoms with Gasteiger partial charge in [0.05, 0.1) is 43.7 Å². The molecule has 1 aliphatic rings. The Morgan fingerprint density at radius 3 is 2.33 bits per heavy atom. The number of aliphatic hydroxyl groups is 1. The van der Waals surface area contributed by atoms with Crippen LogP contribution in [0.1, 0.15) is 49.7 Å². The van der Waals surface area contributed by atoms with Gasteiger partial charge in [0.2, 0.25) is 11.8 Å². The number of rotatable bonds is 19. The molecule has 43 heavy (non-hydrogen) atoms. The maximum Gasteiger partial charge on any atom is 0.309 e. The van der Waals surface area contributed by atoms with Gasteiger partial charge in [-0.15, -0.1) is 13.2 Å². The Kier molecular flexibility index (Phi) is 14.7. The van der Waals surface area contributed by atoms with Crippen molar-refractivity contribution in [3.8, 4) is 0 Å². The minimum Gasteiger partial charge on any atom is -0.463 e. The number of nitrogens with one attached hydrogen (secondary N) is 1. The molecule has 8 heteroatoms. The van der Waals surface area contributed by atoms with Gasteiger partial charge in [0.25, 0.3) is 0 Å². The lowest BCUT2D eigenvalue weighted by Gasteiger charge is -2.26. The largest absolute Gasteiger partial charge is 0.463 e. The van der Waals surface area contributed by atoms with Crippen molar-refractivity contribution >= 4 is 17.8 Å². The van der Waals surface area contributed by atoms with Crippen molar-refractivity contribution in [2.75, 3.05) is 26.4 Å². The number of amides is 2. The van der Waals surface area contributed by atoms with Crippen LogP contribution in [0.3, 0.4) is 0 Å². The zero-order valence-electron chi connectivity index (χ0n) is 25.1. The van der Waals surface area contributed by atoms with E-state index in [0.717, 1.165) is 24.0 Å². The highest BCUT2D eigenvalue weighted by Gasteiger charge is 2.32. The number of hydrogen-bond acceptors (Lipinski definition) is 6. The van der Waals surface area contributed by atoms with Crippen molar-refractivity contribution < 1.29 is 29.0 Å². The molecule has 2 N–H and O–H groups in total. The zero-order valence-corrected chi connectivity index (χ0v) is 25.1. The van der Waals surface area contributed by atoms with Crippen molar-refractivity contribution in [3.63, 3.8) is 0 Å².